The van der Waals surface area contributed by atoms with E-state index in [-0.39, 0.29) is 0 Å². The Morgan fingerprint density at radius 1 is 1.46 bits per heavy atom. The maximum atomic E-state index is 9.15. The Labute approximate surface area is 76.4 Å². The van der Waals surface area contributed by atoms with Crippen molar-refractivity contribution in [1.82, 2.24) is 20.2 Å². The number of hydrogen-bond acceptors (Lipinski definition) is 4. The first-order valence-electron chi connectivity index (χ1n) is 4.43. The van der Waals surface area contributed by atoms with E-state index in [1.54, 1.807) is 11.7 Å². The van der Waals surface area contributed by atoms with Gasteiger partial charge in [-0.15, -0.1) is 5.10 Å². The fourth-order valence-electron chi connectivity index (χ4n) is 2.00. The number of hydrogen-bond donors (Lipinski definition) is 0. The highest BCUT2D eigenvalue weighted by molar-refractivity contribution is 5.21. The van der Waals surface area contributed by atoms with Gasteiger partial charge in [-0.25, -0.2) is 4.68 Å². The summed E-state index contributed by atoms with van der Waals surface area (Å²) in [7, 11) is 1.78. The molecule has 68 valence electrons. The quantitative estimate of drug-likeness (QED) is 0.628. The van der Waals surface area contributed by atoms with Gasteiger partial charge in [0.2, 0.25) is 0 Å². The second kappa shape index (κ2) is 2.80. The summed E-state index contributed by atoms with van der Waals surface area (Å²) in [6.07, 6.45) is 3.97. The van der Waals surface area contributed by atoms with Crippen LogP contribution in [0.2, 0.25) is 0 Å². The highest BCUT2D eigenvalue weighted by atomic mass is 15.5. The minimum Gasteiger partial charge on any atom is -0.231 e. The first-order chi connectivity index (χ1) is 6.28. The molecule has 1 fully saturated rings. The van der Waals surface area contributed by atoms with Crippen molar-refractivity contribution in [1.29, 1.82) is 5.26 Å². The van der Waals surface area contributed by atoms with Gasteiger partial charge in [0.25, 0.3) is 0 Å². The molecule has 5 nitrogen and oxygen atoms in total. The van der Waals surface area contributed by atoms with Crippen molar-refractivity contribution in [2.75, 3.05) is 0 Å². The van der Waals surface area contributed by atoms with Gasteiger partial charge in [0, 0.05) is 7.05 Å². The van der Waals surface area contributed by atoms with E-state index in [9.17, 15) is 0 Å². The number of aromatic nitrogens is 4. The minimum atomic E-state index is -0.418. The molecule has 1 saturated carbocycles. The molecule has 0 aliphatic heterocycles. The van der Waals surface area contributed by atoms with Crippen LogP contribution in [0.4, 0.5) is 0 Å². The third kappa shape index (κ3) is 1.10. The molecule has 0 aromatic carbocycles. The predicted octanol–water partition coefficient (Wildman–Crippen LogP) is 0.545. The number of tetrazole rings is 1. The molecular formula is C8H11N5. The molecule has 0 spiro atoms. The summed E-state index contributed by atoms with van der Waals surface area (Å²) in [5, 5.41) is 20.4. The van der Waals surface area contributed by atoms with Crippen molar-refractivity contribution in [2.45, 2.75) is 31.1 Å². The minimum absolute atomic E-state index is 0.418. The van der Waals surface area contributed by atoms with E-state index in [0.29, 0.717) is 5.82 Å². The molecule has 1 aliphatic rings. The third-order valence-corrected chi connectivity index (χ3v) is 2.72. The normalized spacial score (nSPS) is 20.0. The lowest BCUT2D eigenvalue weighted by atomic mass is 9.87. The summed E-state index contributed by atoms with van der Waals surface area (Å²) in [6, 6.07) is 2.36. The van der Waals surface area contributed by atoms with Crippen LogP contribution < -0.4 is 0 Å². The van der Waals surface area contributed by atoms with E-state index in [1.165, 1.54) is 0 Å². The Morgan fingerprint density at radius 3 is 2.62 bits per heavy atom. The van der Waals surface area contributed by atoms with Crippen molar-refractivity contribution >= 4 is 0 Å². The largest absolute Gasteiger partial charge is 0.231 e. The van der Waals surface area contributed by atoms with Crippen molar-refractivity contribution in [2.24, 2.45) is 7.05 Å². The van der Waals surface area contributed by atoms with Crippen molar-refractivity contribution in [3.8, 4) is 6.07 Å². The van der Waals surface area contributed by atoms with Gasteiger partial charge < -0.3 is 0 Å². The van der Waals surface area contributed by atoms with Crippen molar-refractivity contribution in [3.05, 3.63) is 5.82 Å². The van der Waals surface area contributed by atoms with Crippen LogP contribution in [-0.4, -0.2) is 20.2 Å². The fraction of sp³-hybridized carbons (Fsp3) is 0.750. The molecule has 0 saturated heterocycles. The van der Waals surface area contributed by atoms with Crippen molar-refractivity contribution in [3.63, 3.8) is 0 Å². The highest BCUT2D eigenvalue weighted by Gasteiger charge is 2.40. The lowest BCUT2D eigenvalue weighted by Gasteiger charge is -2.16. The third-order valence-electron chi connectivity index (χ3n) is 2.72. The lowest BCUT2D eigenvalue weighted by molar-refractivity contribution is 0.499. The van der Waals surface area contributed by atoms with E-state index in [2.05, 4.69) is 21.6 Å². The van der Waals surface area contributed by atoms with Crippen LogP contribution in [0.5, 0.6) is 0 Å². The maximum Gasteiger partial charge on any atom is 0.171 e. The summed E-state index contributed by atoms with van der Waals surface area (Å²) < 4.78 is 1.61. The molecule has 0 radical (unpaired) electrons. The SMILES string of the molecule is Cn1nnnc1C1(C#N)CCCC1. The van der Waals surface area contributed by atoms with E-state index in [0.717, 1.165) is 25.7 Å². The van der Waals surface area contributed by atoms with Gasteiger partial charge >= 0.3 is 0 Å². The van der Waals surface area contributed by atoms with E-state index < -0.39 is 5.41 Å². The van der Waals surface area contributed by atoms with Gasteiger partial charge in [0.15, 0.2) is 5.82 Å². The van der Waals surface area contributed by atoms with Gasteiger partial charge in [-0.1, -0.05) is 12.8 Å². The van der Waals surface area contributed by atoms with E-state index in [4.69, 9.17) is 5.26 Å². The Bertz CT molecular complexity index is 342. The average molecular weight is 177 g/mol. The van der Waals surface area contributed by atoms with Gasteiger partial charge in [-0.05, 0) is 23.3 Å². The molecule has 0 bridgehead atoms. The summed E-state index contributed by atoms with van der Waals surface area (Å²) in [6.45, 7) is 0. The Kier molecular flexibility index (Phi) is 1.76. The molecule has 0 atom stereocenters. The van der Waals surface area contributed by atoms with Crippen LogP contribution in [0.3, 0.4) is 0 Å². The van der Waals surface area contributed by atoms with Crippen LogP contribution in [-0.2, 0) is 12.5 Å². The zero-order valence-corrected chi connectivity index (χ0v) is 7.56. The highest BCUT2D eigenvalue weighted by Crippen LogP contribution is 2.38. The van der Waals surface area contributed by atoms with Crippen molar-refractivity contribution < 1.29 is 0 Å². The Balaban J connectivity index is 2.43. The second-order valence-electron chi connectivity index (χ2n) is 3.53. The first kappa shape index (κ1) is 8.17. The summed E-state index contributed by atoms with van der Waals surface area (Å²) in [5.41, 5.74) is -0.418. The predicted molar refractivity (Wildman–Crippen MR) is 44.6 cm³/mol. The molecule has 0 unspecified atom stereocenters. The zero-order valence-electron chi connectivity index (χ0n) is 7.56. The molecule has 1 heterocycles. The number of nitrogens with zero attached hydrogens (tertiary/aromatic N) is 5. The average Bonchev–Trinajstić information content (AvgIpc) is 2.73. The molecule has 13 heavy (non-hydrogen) atoms. The van der Waals surface area contributed by atoms with Crippen LogP contribution in [0.1, 0.15) is 31.5 Å². The number of aryl methyl sites for hydroxylation is 1. The Morgan fingerprint density at radius 2 is 2.15 bits per heavy atom. The molecule has 0 N–H and O–H groups in total. The molecular weight excluding hydrogens is 166 g/mol. The molecule has 1 aromatic rings. The summed E-state index contributed by atoms with van der Waals surface area (Å²) in [5.74, 6) is 0.715. The van der Waals surface area contributed by atoms with Gasteiger partial charge in [-0.2, -0.15) is 5.26 Å². The van der Waals surface area contributed by atoms with Gasteiger partial charge in [-0.3, -0.25) is 0 Å². The molecule has 5 heteroatoms. The van der Waals surface area contributed by atoms with Crippen LogP contribution in [0.25, 0.3) is 0 Å². The Hall–Kier alpha value is -1.44. The van der Waals surface area contributed by atoms with Gasteiger partial charge in [0.1, 0.15) is 5.41 Å². The standard InChI is InChI=1S/C8H11N5/c1-13-7(10-11-12-13)8(6-9)4-2-3-5-8/h2-5H2,1H3. The van der Waals surface area contributed by atoms with Crippen LogP contribution in [0, 0.1) is 11.3 Å². The lowest BCUT2D eigenvalue weighted by Crippen LogP contribution is -2.24. The number of nitriles is 1. The van der Waals surface area contributed by atoms with Crippen LogP contribution >= 0.6 is 0 Å². The molecule has 1 aliphatic carbocycles. The summed E-state index contributed by atoms with van der Waals surface area (Å²) >= 11 is 0. The zero-order chi connectivity index (χ0) is 9.31. The van der Waals surface area contributed by atoms with Gasteiger partial charge in [0.05, 0.1) is 6.07 Å². The number of rotatable bonds is 1. The second-order valence-corrected chi connectivity index (χ2v) is 3.53. The maximum absolute atomic E-state index is 9.15. The molecule has 2 rings (SSSR count). The smallest absolute Gasteiger partial charge is 0.171 e. The molecule has 0 amide bonds. The topological polar surface area (TPSA) is 67.4 Å². The van der Waals surface area contributed by atoms with E-state index >= 15 is 0 Å². The van der Waals surface area contributed by atoms with Crippen LogP contribution in [0.15, 0.2) is 0 Å². The monoisotopic (exact) mass is 177 g/mol. The first-order valence-corrected chi connectivity index (χ1v) is 4.43. The summed E-state index contributed by atoms with van der Waals surface area (Å²) in [4.78, 5) is 0. The van der Waals surface area contributed by atoms with E-state index in [1.807, 2.05) is 0 Å². The fourth-order valence-corrected chi connectivity index (χ4v) is 2.00. The molecule has 1 aromatic heterocycles.